The van der Waals surface area contributed by atoms with E-state index in [-0.39, 0.29) is 18.5 Å². The molecular weight excluding hydrogens is 330 g/mol. The van der Waals surface area contributed by atoms with E-state index in [1.807, 2.05) is 48.5 Å². The van der Waals surface area contributed by atoms with Crippen molar-refractivity contribution in [2.45, 2.75) is 32.8 Å². The molecule has 0 bridgehead atoms. The van der Waals surface area contributed by atoms with Crippen molar-refractivity contribution < 1.29 is 14.3 Å². The van der Waals surface area contributed by atoms with Gasteiger partial charge in [0.1, 0.15) is 6.61 Å². The Balaban J connectivity index is 1.88. The minimum atomic E-state index is -0.215. The van der Waals surface area contributed by atoms with Crippen molar-refractivity contribution in [2.24, 2.45) is 10.2 Å². The van der Waals surface area contributed by atoms with Crippen LogP contribution in [0.25, 0.3) is 0 Å². The number of benzene rings is 2. The maximum atomic E-state index is 11.3. The van der Waals surface area contributed by atoms with Crippen LogP contribution in [0.1, 0.15) is 30.9 Å². The molecule has 6 heteroatoms. The minimum absolute atomic E-state index is 0.0293. The molecule has 0 aromatic heterocycles. The van der Waals surface area contributed by atoms with Crippen LogP contribution in [0.5, 0.6) is 0 Å². The predicted molar refractivity (Wildman–Crippen MR) is 99.5 cm³/mol. The third-order valence-electron chi connectivity index (χ3n) is 3.76. The van der Waals surface area contributed by atoms with E-state index < -0.39 is 0 Å². The van der Waals surface area contributed by atoms with Gasteiger partial charge in [-0.25, -0.2) is 0 Å². The van der Waals surface area contributed by atoms with Gasteiger partial charge in [-0.05, 0) is 41.8 Å². The van der Waals surface area contributed by atoms with Crippen LogP contribution in [0.3, 0.4) is 0 Å². The Kier molecular flexibility index (Phi) is 7.49. The first-order valence-corrected chi connectivity index (χ1v) is 8.56. The minimum Gasteiger partial charge on any atom is -0.461 e. The molecule has 0 aliphatic rings. The summed E-state index contributed by atoms with van der Waals surface area (Å²) in [6.45, 7) is 2.03. The van der Waals surface area contributed by atoms with E-state index >= 15 is 0 Å². The van der Waals surface area contributed by atoms with Gasteiger partial charge in [-0.2, -0.15) is 10.2 Å². The van der Waals surface area contributed by atoms with Crippen LogP contribution in [0, 0.1) is 0 Å². The van der Waals surface area contributed by atoms with Crippen molar-refractivity contribution in [1.29, 1.82) is 0 Å². The van der Waals surface area contributed by atoms with Gasteiger partial charge in [0.15, 0.2) is 0 Å². The van der Waals surface area contributed by atoms with Crippen molar-refractivity contribution in [1.82, 2.24) is 5.32 Å². The normalized spacial score (nSPS) is 10.7. The highest BCUT2D eigenvalue weighted by Gasteiger charge is 2.01. The molecule has 0 fully saturated rings. The van der Waals surface area contributed by atoms with E-state index in [4.69, 9.17) is 4.74 Å². The van der Waals surface area contributed by atoms with Crippen molar-refractivity contribution in [3.63, 3.8) is 0 Å². The van der Waals surface area contributed by atoms with E-state index in [9.17, 15) is 9.59 Å². The maximum Gasteiger partial charge on any atom is 0.305 e. The van der Waals surface area contributed by atoms with Gasteiger partial charge in [0.05, 0.1) is 11.4 Å². The Morgan fingerprint density at radius 1 is 0.923 bits per heavy atom. The van der Waals surface area contributed by atoms with Crippen molar-refractivity contribution >= 4 is 23.3 Å². The third kappa shape index (κ3) is 6.47. The number of aryl methyl sites for hydroxylation is 1. The molecule has 2 rings (SSSR count). The predicted octanol–water partition coefficient (Wildman–Crippen LogP) is 4.23. The van der Waals surface area contributed by atoms with Crippen LogP contribution >= 0.6 is 0 Å². The van der Waals surface area contributed by atoms with Gasteiger partial charge in [0, 0.05) is 19.9 Å². The van der Waals surface area contributed by atoms with Gasteiger partial charge in [0.2, 0.25) is 5.91 Å². The number of rotatable bonds is 8. The summed E-state index contributed by atoms with van der Waals surface area (Å²) in [7, 11) is 1.64. The average Bonchev–Trinajstić information content (AvgIpc) is 2.70. The first-order valence-electron chi connectivity index (χ1n) is 8.56. The Morgan fingerprint density at radius 2 is 1.46 bits per heavy atom. The van der Waals surface area contributed by atoms with Crippen LogP contribution < -0.4 is 5.32 Å². The first-order chi connectivity index (χ1) is 12.6. The molecule has 136 valence electrons. The Morgan fingerprint density at radius 3 is 1.96 bits per heavy atom. The SMILES string of the molecule is CCC(=O)OCc1ccc(N=Nc2ccc(CCC(=O)NC)cc2)cc1. The van der Waals surface area contributed by atoms with Gasteiger partial charge in [-0.3, -0.25) is 9.59 Å². The number of ether oxygens (including phenoxy) is 1. The third-order valence-corrected chi connectivity index (χ3v) is 3.76. The lowest BCUT2D eigenvalue weighted by molar-refractivity contribution is -0.144. The van der Waals surface area contributed by atoms with E-state index in [1.165, 1.54) is 0 Å². The van der Waals surface area contributed by atoms with E-state index in [2.05, 4.69) is 15.5 Å². The molecule has 6 nitrogen and oxygen atoms in total. The Bertz CT molecular complexity index is 687. The maximum absolute atomic E-state index is 11.3. The summed E-state index contributed by atoms with van der Waals surface area (Å²) in [5.74, 6) is -0.186. The molecule has 0 aliphatic carbocycles. The molecule has 0 unspecified atom stereocenters. The largest absolute Gasteiger partial charge is 0.461 e. The molecule has 1 amide bonds. The molecule has 0 radical (unpaired) electrons. The molecule has 1 N–H and O–H groups in total. The standard InChI is InChI=1S/C20H23N3O3/c1-3-20(25)26-14-16-6-11-18(12-7-16)23-22-17-9-4-15(5-10-17)8-13-19(24)21-2/h4-7,9-12H,3,8,13-14H2,1-2H3,(H,21,24). The fourth-order valence-electron chi connectivity index (χ4n) is 2.15. The zero-order valence-electron chi connectivity index (χ0n) is 15.1. The number of amides is 1. The lowest BCUT2D eigenvalue weighted by atomic mass is 10.1. The summed E-state index contributed by atoms with van der Waals surface area (Å²) >= 11 is 0. The molecular formula is C20H23N3O3. The highest BCUT2D eigenvalue weighted by molar-refractivity contribution is 5.75. The van der Waals surface area contributed by atoms with Gasteiger partial charge in [0.25, 0.3) is 0 Å². The molecule has 2 aromatic carbocycles. The van der Waals surface area contributed by atoms with Crippen molar-refractivity contribution in [3.8, 4) is 0 Å². The monoisotopic (exact) mass is 353 g/mol. The molecule has 0 aliphatic heterocycles. The number of nitrogens with zero attached hydrogens (tertiary/aromatic N) is 2. The Hall–Kier alpha value is -3.02. The first kappa shape index (κ1) is 19.3. The fourth-order valence-corrected chi connectivity index (χ4v) is 2.15. The van der Waals surface area contributed by atoms with Crippen molar-refractivity contribution in [2.75, 3.05) is 7.05 Å². The lowest BCUT2D eigenvalue weighted by Crippen LogP contribution is -2.17. The fraction of sp³-hybridized carbons (Fsp3) is 0.300. The number of carbonyl (C=O) groups excluding carboxylic acids is 2. The number of esters is 1. The second kappa shape index (κ2) is 10.1. The summed E-state index contributed by atoms with van der Waals surface area (Å²) in [5.41, 5.74) is 3.46. The molecule has 26 heavy (non-hydrogen) atoms. The topological polar surface area (TPSA) is 80.1 Å². The molecule has 0 atom stereocenters. The number of hydrogen-bond acceptors (Lipinski definition) is 5. The van der Waals surface area contributed by atoms with Crippen LogP contribution in [-0.4, -0.2) is 18.9 Å². The summed E-state index contributed by atoms with van der Waals surface area (Å²) in [4.78, 5) is 22.4. The number of hydrogen-bond donors (Lipinski definition) is 1. The molecule has 2 aromatic rings. The summed E-state index contributed by atoms with van der Waals surface area (Å²) in [5, 5.41) is 11.0. The smallest absolute Gasteiger partial charge is 0.305 e. The van der Waals surface area contributed by atoms with E-state index in [0.29, 0.717) is 19.3 Å². The molecule has 0 saturated carbocycles. The van der Waals surface area contributed by atoms with Crippen LogP contribution in [-0.2, 0) is 27.4 Å². The second-order valence-electron chi connectivity index (χ2n) is 5.72. The summed E-state index contributed by atoms with van der Waals surface area (Å²) < 4.78 is 5.08. The molecule has 0 saturated heterocycles. The average molecular weight is 353 g/mol. The number of azo groups is 1. The zero-order valence-corrected chi connectivity index (χ0v) is 15.1. The Labute approximate surface area is 153 Å². The molecule has 0 heterocycles. The van der Waals surface area contributed by atoms with Crippen LogP contribution in [0.2, 0.25) is 0 Å². The summed E-state index contributed by atoms with van der Waals surface area (Å²) in [6.07, 6.45) is 1.54. The zero-order chi connectivity index (χ0) is 18.8. The second-order valence-corrected chi connectivity index (χ2v) is 5.72. The quantitative estimate of drug-likeness (QED) is 0.569. The number of carbonyl (C=O) groups is 2. The highest BCUT2D eigenvalue weighted by atomic mass is 16.5. The van der Waals surface area contributed by atoms with Gasteiger partial charge in [-0.15, -0.1) is 0 Å². The van der Waals surface area contributed by atoms with Gasteiger partial charge < -0.3 is 10.1 Å². The molecule has 0 spiro atoms. The van der Waals surface area contributed by atoms with Gasteiger partial charge >= 0.3 is 5.97 Å². The van der Waals surface area contributed by atoms with Gasteiger partial charge in [-0.1, -0.05) is 31.2 Å². The number of nitrogens with one attached hydrogen (secondary N) is 1. The van der Waals surface area contributed by atoms with E-state index in [1.54, 1.807) is 14.0 Å². The highest BCUT2D eigenvalue weighted by Crippen LogP contribution is 2.20. The summed E-state index contributed by atoms with van der Waals surface area (Å²) in [6, 6.07) is 15.0. The van der Waals surface area contributed by atoms with Crippen LogP contribution in [0.4, 0.5) is 11.4 Å². The van der Waals surface area contributed by atoms with E-state index in [0.717, 1.165) is 22.5 Å². The lowest BCUT2D eigenvalue weighted by Gasteiger charge is -2.03. The van der Waals surface area contributed by atoms with Crippen molar-refractivity contribution in [3.05, 3.63) is 59.7 Å². The van der Waals surface area contributed by atoms with Crippen LogP contribution in [0.15, 0.2) is 58.8 Å².